The topological polar surface area (TPSA) is 119 Å². The molecule has 146 valence electrons. The highest BCUT2D eigenvalue weighted by molar-refractivity contribution is 5.93. The van der Waals surface area contributed by atoms with Crippen molar-refractivity contribution in [3.63, 3.8) is 0 Å². The number of nitrogens with one attached hydrogen (secondary N) is 1. The number of hydrogen-bond acceptors (Lipinski definition) is 4. The fourth-order valence-corrected chi connectivity index (χ4v) is 2.74. The van der Waals surface area contributed by atoms with Crippen LogP contribution in [0, 0.1) is 5.41 Å². The number of carbonyl (C=O) groups is 3. The summed E-state index contributed by atoms with van der Waals surface area (Å²) in [5, 5.41) is 2.54. The molecule has 0 aliphatic rings. The second-order valence-electron chi connectivity index (χ2n) is 7.63. The lowest BCUT2D eigenvalue weighted by Gasteiger charge is -2.28. The first-order valence-corrected chi connectivity index (χ1v) is 8.45. The van der Waals surface area contributed by atoms with Gasteiger partial charge in [0.1, 0.15) is 12.6 Å². The molecule has 1 aromatic carbocycles. The molecule has 0 saturated heterocycles. The lowest BCUT2D eigenvalue weighted by atomic mass is 9.86. The number of hydrogen-bond donors (Lipinski definition) is 2. The van der Waals surface area contributed by atoms with Crippen LogP contribution < -0.4 is 16.7 Å². The largest absolute Gasteiger partial charge is 0.368 e. The molecule has 0 aliphatic carbocycles. The van der Waals surface area contributed by atoms with Gasteiger partial charge in [0.2, 0.25) is 11.8 Å². The van der Waals surface area contributed by atoms with E-state index in [4.69, 9.17) is 5.73 Å². The van der Waals surface area contributed by atoms with Gasteiger partial charge in [0, 0.05) is 14.1 Å². The van der Waals surface area contributed by atoms with E-state index in [0.717, 1.165) is 4.57 Å². The summed E-state index contributed by atoms with van der Waals surface area (Å²) in [5.74, 6) is -0.986. The minimum Gasteiger partial charge on any atom is -0.368 e. The van der Waals surface area contributed by atoms with E-state index in [1.165, 1.54) is 9.47 Å². The fraction of sp³-hybridized carbons (Fsp3) is 0.444. The first-order chi connectivity index (χ1) is 12.4. The highest BCUT2D eigenvalue weighted by atomic mass is 16.2. The van der Waals surface area contributed by atoms with Gasteiger partial charge in [0.25, 0.3) is 0 Å². The van der Waals surface area contributed by atoms with Crippen LogP contribution >= 0.6 is 0 Å². The number of aromatic nitrogens is 2. The summed E-state index contributed by atoms with van der Waals surface area (Å²) in [6.45, 7) is 5.06. The zero-order valence-corrected chi connectivity index (χ0v) is 16.1. The third-order valence-electron chi connectivity index (χ3n) is 4.25. The van der Waals surface area contributed by atoms with E-state index >= 15 is 0 Å². The Morgan fingerprint density at radius 3 is 2.19 bits per heavy atom. The zero-order chi connectivity index (χ0) is 20.5. The third-order valence-corrected chi connectivity index (χ3v) is 4.25. The number of fused-ring (bicyclic) bond motifs is 1. The lowest BCUT2D eigenvalue weighted by molar-refractivity contribution is -0.129. The summed E-state index contributed by atoms with van der Waals surface area (Å²) < 4.78 is 2.15. The maximum Gasteiger partial charge on any atom is 0.337 e. The van der Waals surface area contributed by atoms with Crippen molar-refractivity contribution < 1.29 is 14.4 Å². The minimum absolute atomic E-state index is 0.203. The van der Waals surface area contributed by atoms with Crippen LogP contribution in [0.2, 0.25) is 0 Å². The van der Waals surface area contributed by atoms with Crippen LogP contribution in [0.5, 0.6) is 0 Å². The molecule has 0 unspecified atom stereocenters. The van der Waals surface area contributed by atoms with E-state index in [0.29, 0.717) is 11.0 Å². The minimum atomic E-state index is -0.970. The Morgan fingerprint density at radius 2 is 1.70 bits per heavy atom. The van der Waals surface area contributed by atoms with Crippen molar-refractivity contribution in [2.45, 2.75) is 33.4 Å². The number of primary amides is 1. The molecular formula is C18H25N5O4. The molecule has 3 amide bonds. The number of amides is 3. The number of carbonyl (C=O) groups excluding carboxylic acids is 3. The predicted molar refractivity (Wildman–Crippen MR) is 101 cm³/mol. The monoisotopic (exact) mass is 375 g/mol. The van der Waals surface area contributed by atoms with Crippen molar-refractivity contribution in [3.8, 4) is 0 Å². The molecule has 0 spiro atoms. The normalized spacial score (nSPS) is 12.6. The molecular weight excluding hydrogens is 350 g/mol. The lowest BCUT2D eigenvalue weighted by Crippen LogP contribution is -2.54. The van der Waals surface area contributed by atoms with Crippen molar-refractivity contribution >= 4 is 28.9 Å². The van der Waals surface area contributed by atoms with E-state index in [-0.39, 0.29) is 12.5 Å². The van der Waals surface area contributed by atoms with Gasteiger partial charge in [-0.2, -0.15) is 0 Å². The van der Waals surface area contributed by atoms with Gasteiger partial charge in [-0.3, -0.25) is 14.2 Å². The summed E-state index contributed by atoms with van der Waals surface area (Å²) in [7, 11) is 3.17. The molecule has 1 aromatic heterocycles. The molecule has 0 bridgehead atoms. The van der Waals surface area contributed by atoms with E-state index in [1.807, 2.05) is 0 Å². The van der Waals surface area contributed by atoms with Crippen LogP contribution in [-0.2, 0) is 16.1 Å². The number of para-hydroxylation sites is 2. The first-order valence-electron chi connectivity index (χ1n) is 8.45. The van der Waals surface area contributed by atoms with E-state index in [1.54, 1.807) is 59.1 Å². The highest BCUT2D eigenvalue weighted by Gasteiger charge is 2.32. The number of benzene rings is 1. The molecule has 0 radical (unpaired) electrons. The van der Waals surface area contributed by atoms with Crippen LogP contribution in [-0.4, -0.2) is 52.0 Å². The second kappa shape index (κ2) is 7.26. The van der Waals surface area contributed by atoms with Crippen LogP contribution in [0.4, 0.5) is 4.79 Å². The SMILES string of the molecule is CN(C)C(=O)Cn1c(=O)n(C(=O)N[C@H](C(N)=O)C(C)(C)C)c2ccccc21. The maximum absolute atomic E-state index is 12.9. The number of imidazole rings is 1. The van der Waals surface area contributed by atoms with Gasteiger partial charge in [-0.05, 0) is 17.5 Å². The van der Waals surface area contributed by atoms with E-state index in [2.05, 4.69) is 5.32 Å². The van der Waals surface area contributed by atoms with E-state index < -0.39 is 29.1 Å². The quantitative estimate of drug-likeness (QED) is 0.801. The fourth-order valence-electron chi connectivity index (χ4n) is 2.74. The van der Waals surface area contributed by atoms with Crippen molar-refractivity contribution in [2.24, 2.45) is 11.1 Å². The van der Waals surface area contributed by atoms with Crippen molar-refractivity contribution in [1.29, 1.82) is 0 Å². The van der Waals surface area contributed by atoms with Crippen molar-refractivity contribution in [3.05, 3.63) is 34.7 Å². The van der Waals surface area contributed by atoms with Crippen LogP contribution in [0.15, 0.2) is 29.1 Å². The Balaban J connectivity index is 2.54. The molecule has 1 heterocycles. The molecule has 9 heteroatoms. The Morgan fingerprint density at radius 1 is 1.15 bits per heavy atom. The Bertz CT molecular complexity index is 949. The van der Waals surface area contributed by atoms with Gasteiger partial charge in [0.15, 0.2) is 0 Å². The van der Waals surface area contributed by atoms with Crippen LogP contribution in [0.1, 0.15) is 20.8 Å². The van der Waals surface area contributed by atoms with Crippen LogP contribution in [0.25, 0.3) is 11.0 Å². The van der Waals surface area contributed by atoms with Crippen molar-refractivity contribution in [2.75, 3.05) is 14.1 Å². The number of nitrogens with zero attached hydrogens (tertiary/aromatic N) is 3. The van der Waals surface area contributed by atoms with Gasteiger partial charge < -0.3 is 16.0 Å². The van der Waals surface area contributed by atoms with Crippen molar-refractivity contribution in [1.82, 2.24) is 19.4 Å². The molecule has 0 aliphatic heterocycles. The summed E-state index contributed by atoms with van der Waals surface area (Å²) in [4.78, 5) is 50.9. The van der Waals surface area contributed by atoms with Crippen LogP contribution in [0.3, 0.4) is 0 Å². The summed E-state index contributed by atoms with van der Waals surface area (Å²) in [6.07, 6.45) is 0. The smallest absolute Gasteiger partial charge is 0.337 e. The molecule has 3 N–H and O–H groups in total. The molecule has 0 fully saturated rings. The number of likely N-dealkylation sites (N-methyl/N-ethyl adjacent to an activating group) is 1. The Hall–Kier alpha value is -3.10. The van der Waals surface area contributed by atoms with Gasteiger partial charge in [-0.15, -0.1) is 0 Å². The molecule has 27 heavy (non-hydrogen) atoms. The van der Waals surface area contributed by atoms with Gasteiger partial charge in [-0.1, -0.05) is 32.9 Å². The molecule has 9 nitrogen and oxygen atoms in total. The second-order valence-corrected chi connectivity index (χ2v) is 7.63. The summed E-state index contributed by atoms with van der Waals surface area (Å²) in [5.41, 5.74) is 4.89. The summed E-state index contributed by atoms with van der Waals surface area (Å²) in [6, 6.07) is 4.90. The van der Waals surface area contributed by atoms with Gasteiger partial charge in [-0.25, -0.2) is 14.2 Å². The standard InChI is InChI=1S/C18H25N5O4/c1-18(2,3)14(15(19)25)20-16(26)23-12-9-7-6-8-11(12)22(17(23)27)10-13(24)21(4)5/h6-9,14H,10H2,1-5H3,(H2,19,25)(H,20,26)/t14-/m1/s1. The average molecular weight is 375 g/mol. The molecule has 0 saturated carbocycles. The number of rotatable bonds is 4. The molecule has 2 aromatic rings. The molecule has 1 atom stereocenters. The molecule has 2 rings (SSSR count). The summed E-state index contributed by atoms with van der Waals surface area (Å²) >= 11 is 0. The van der Waals surface area contributed by atoms with E-state index in [9.17, 15) is 19.2 Å². The third kappa shape index (κ3) is 4.02. The first kappa shape index (κ1) is 20.2. The predicted octanol–water partition coefficient (Wildman–Crippen LogP) is 0.349. The average Bonchev–Trinajstić information content (AvgIpc) is 2.83. The Kier molecular flexibility index (Phi) is 5.43. The zero-order valence-electron chi connectivity index (χ0n) is 16.1. The van der Waals surface area contributed by atoms with Gasteiger partial charge >= 0.3 is 11.7 Å². The van der Waals surface area contributed by atoms with Gasteiger partial charge in [0.05, 0.1) is 11.0 Å². The maximum atomic E-state index is 12.9. The highest BCUT2D eigenvalue weighted by Crippen LogP contribution is 2.19. The number of nitrogens with two attached hydrogens (primary N) is 1. The Labute approximate surface area is 156 Å².